The van der Waals surface area contributed by atoms with Crippen molar-refractivity contribution in [3.63, 3.8) is 0 Å². The van der Waals surface area contributed by atoms with Gasteiger partial charge in [-0.3, -0.25) is 9.59 Å². The van der Waals surface area contributed by atoms with E-state index in [1.54, 1.807) is 0 Å². The lowest BCUT2D eigenvalue weighted by atomic mass is 9.56. The number of nitrogens with zero attached hydrogens (tertiary/aromatic N) is 2. The van der Waals surface area contributed by atoms with Crippen LogP contribution in [0.3, 0.4) is 0 Å². The molecule has 4 aromatic rings. The summed E-state index contributed by atoms with van der Waals surface area (Å²) in [7, 11) is 0. The Morgan fingerprint density at radius 3 is 2.43 bits per heavy atom. The molecule has 186 valence electrons. The predicted molar refractivity (Wildman–Crippen MR) is 142 cm³/mol. The van der Waals surface area contributed by atoms with Crippen molar-refractivity contribution in [1.82, 2.24) is 9.47 Å². The number of aromatic nitrogens is 1. The van der Waals surface area contributed by atoms with Crippen molar-refractivity contribution < 1.29 is 14.3 Å². The second-order valence-corrected chi connectivity index (χ2v) is 10.8. The average Bonchev–Trinajstić information content (AvgIpc) is 3.28. The maximum atomic E-state index is 14.1. The first-order chi connectivity index (χ1) is 18.1. The number of hydrogen-bond acceptors (Lipinski definition) is 3. The zero-order chi connectivity index (χ0) is 25.1. The van der Waals surface area contributed by atoms with Gasteiger partial charge < -0.3 is 14.2 Å². The van der Waals surface area contributed by atoms with Crippen LogP contribution in [0.4, 0.5) is 0 Å². The molecule has 4 atom stereocenters. The van der Waals surface area contributed by atoms with Crippen molar-refractivity contribution in [2.75, 3.05) is 13.2 Å². The van der Waals surface area contributed by atoms with Gasteiger partial charge in [-0.25, -0.2) is 0 Å². The molecule has 2 aliphatic heterocycles. The summed E-state index contributed by atoms with van der Waals surface area (Å²) in [4.78, 5) is 29.5. The molecule has 1 amide bonds. The minimum Gasteiger partial charge on any atom is -0.465 e. The summed E-state index contributed by atoms with van der Waals surface area (Å²) in [5, 5.41) is 1.21. The molecule has 2 fully saturated rings. The van der Waals surface area contributed by atoms with Gasteiger partial charge in [-0.05, 0) is 48.1 Å². The highest BCUT2D eigenvalue weighted by Gasteiger charge is 2.61. The van der Waals surface area contributed by atoms with Crippen LogP contribution in [0.5, 0.6) is 0 Å². The van der Waals surface area contributed by atoms with Crippen molar-refractivity contribution >= 4 is 22.8 Å². The van der Waals surface area contributed by atoms with Gasteiger partial charge in [-0.15, -0.1) is 0 Å². The first kappa shape index (κ1) is 22.3. The minimum atomic E-state index is -0.676. The van der Waals surface area contributed by atoms with E-state index in [9.17, 15) is 9.59 Å². The zero-order valence-electron chi connectivity index (χ0n) is 21.0. The molecule has 3 aliphatic rings. The molecule has 5 heteroatoms. The maximum Gasteiger partial charge on any atom is 0.314 e. The average molecular weight is 491 g/mol. The Bertz CT molecular complexity index is 1510. The summed E-state index contributed by atoms with van der Waals surface area (Å²) in [5.41, 5.74) is 4.86. The molecule has 1 aromatic heterocycles. The molecule has 0 radical (unpaired) electrons. The van der Waals surface area contributed by atoms with Crippen LogP contribution in [0.15, 0.2) is 84.9 Å². The number of benzene rings is 3. The van der Waals surface area contributed by atoms with Gasteiger partial charge in [0.25, 0.3) is 5.91 Å². The molecule has 3 aromatic carbocycles. The Labute approximate surface area is 216 Å². The number of hydrogen-bond donors (Lipinski definition) is 0. The molecular weight excluding hydrogens is 460 g/mol. The lowest BCUT2D eigenvalue weighted by molar-refractivity contribution is -0.181. The van der Waals surface area contributed by atoms with Crippen LogP contribution in [-0.4, -0.2) is 34.5 Å². The topological polar surface area (TPSA) is 51.5 Å². The van der Waals surface area contributed by atoms with Crippen LogP contribution in [0, 0.1) is 11.3 Å². The standard InChI is InChI=1S/C32H30N2O3/c1-2-32-20-34(30(35)22-13-7-4-8-14-22)27-17-25(32)24(19-37-31(32)36)28-23-15-9-10-16-26(23)33(29(27)28)18-21-11-5-3-6-12-21/h3-16,24-25,27H,2,17-20H2,1H3. The quantitative estimate of drug-likeness (QED) is 0.333. The molecule has 2 saturated heterocycles. The summed E-state index contributed by atoms with van der Waals surface area (Å²) >= 11 is 0. The summed E-state index contributed by atoms with van der Waals surface area (Å²) in [6.07, 6.45) is 1.45. The lowest BCUT2D eigenvalue weighted by Crippen LogP contribution is -2.62. The molecule has 7 rings (SSSR count). The lowest BCUT2D eigenvalue weighted by Gasteiger charge is -2.57. The number of esters is 1. The van der Waals surface area contributed by atoms with Gasteiger partial charge >= 0.3 is 5.97 Å². The van der Waals surface area contributed by atoms with Gasteiger partial charge in [0.05, 0.1) is 18.1 Å². The molecule has 4 unspecified atom stereocenters. The maximum absolute atomic E-state index is 14.1. The summed E-state index contributed by atoms with van der Waals surface area (Å²) in [6, 6.07) is 28.5. The third kappa shape index (κ3) is 3.16. The van der Waals surface area contributed by atoms with Gasteiger partial charge in [0.15, 0.2) is 0 Å². The fraction of sp³-hybridized carbons (Fsp3) is 0.312. The Kier molecular flexibility index (Phi) is 5.04. The van der Waals surface area contributed by atoms with Gasteiger partial charge in [0.2, 0.25) is 0 Å². The van der Waals surface area contributed by atoms with E-state index in [2.05, 4.69) is 60.0 Å². The van der Waals surface area contributed by atoms with Crippen LogP contribution in [0.25, 0.3) is 10.9 Å². The van der Waals surface area contributed by atoms with Crippen molar-refractivity contribution in [1.29, 1.82) is 0 Å². The fourth-order valence-corrected chi connectivity index (χ4v) is 7.37. The number of fused-ring (bicyclic) bond motifs is 6. The van der Waals surface area contributed by atoms with Crippen LogP contribution in [-0.2, 0) is 16.1 Å². The number of cyclic esters (lactones) is 1. The molecule has 1 aliphatic carbocycles. The number of piperidine rings is 1. The molecule has 0 N–H and O–H groups in total. The third-order valence-electron chi connectivity index (χ3n) is 9.14. The normalized spacial score (nSPS) is 26.0. The van der Waals surface area contributed by atoms with Crippen molar-refractivity contribution in [2.24, 2.45) is 11.3 Å². The minimum absolute atomic E-state index is 0.0174. The number of ether oxygens (including phenoxy) is 1. The van der Waals surface area contributed by atoms with E-state index in [-0.39, 0.29) is 29.8 Å². The monoisotopic (exact) mass is 490 g/mol. The highest BCUT2D eigenvalue weighted by Crippen LogP contribution is 2.60. The van der Waals surface area contributed by atoms with Gasteiger partial charge in [0, 0.05) is 41.2 Å². The number of para-hydroxylation sites is 1. The van der Waals surface area contributed by atoms with E-state index >= 15 is 0 Å². The van der Waals surface area contributed by atoms with Crippen LogP contribution < -0.4 is 0 Å². The van der Waals surface area contributed by atoms with Crippen LogP contribution >= 0.6 is 0 Å². The number of amides is 1. The Balaban J connectivity index is 1.48. The Morgan fingerprint density at radius 1 is 0.973 bits per heavy atom. The van der Waals surface area contributed by atoms with Crippen molar-refractivity contribution in [3.05, 3.63) is 107 Å². The Hall–Kier alpha value is -3.86. The smallest absolute Gasteiger partial charge is 0.314 e. The van der Waals surface area contributed by atoms with Crippen LogP contribution in [0.1, 0.15) is 58.9 Å². The zero-order valence-corrected chi connectivity index (χ0v) is 21.0. The molecule has 0 saturated carbocycles. The summed E-state index contributed by atoms with van der Waals surface area (Å²) in [5.74, 6) is 0.139. The number of rotatable bonds is 4. The SMILES string of the molecule is CCC12CN(C(=O)c3ccccc3)C3CC1C(COC2=O)c1c3n(Cc2ccccc2)c2ccccc12. The summed E-state index contributed by atoms with van der Waals surface area (Å²) < 4.78 is 8.37. The molecule has 3 heterocycles. The highest BCUT2D eigenvalue weighted by atomic mass is 16.5. The van der Waals surface area contributed by atoms with Gasteiger partial charge in [-0.2, -0.15) is 0 Å². The number of carbonyl (C=O) groups is 2. The van der Waals surface area contributed by atoms with E-state index in [1.165, 1.54) is 27.7 Å². The van der Waals surface area contributed by atoms with E-state index in [0.29, 0.717) is 25.1 Å². The summed E-state index contributed by atoms with van der Waals surface area (Å²) in [6.45, 7) is 3.62. The molecular formula is C32H30N2O3. The largest absolute Gasteiger partial charge is 0.465 e. The van der Waals surface area contributed by atoms with E-state index in [1.807, 2.05) is 41.3 Å². The first-order valence-corrected chi connectivity index (χ1v) is 13.3. The predicted octanol–water partition coefficient (Wildman–Crippen LogP) is 5.94. The van der Waals surface area contributed by atoms with E-state index < -0.39 is 5.41 Å². The molecule has 2 bridgehead atoms. The van der Waals surface area contributed by atoms with Gasteiger partial charge in [-0.1, -0.05) is 73.7 Å². The number of carbonyl (C=O) groups excluding carboxylic acids is 2. The first-order valence-electron chi connectivity index (χ1n) is 13.3. The second kappa shape index (κ2) is 8.34. The van der Waals surface area contributed by atoms with Crippen molar-refractivity contribution in [3.8, 4) is 0 Å². The van der Waals surface area contributed by atoms with Crippen molar-refractivity contribution in [2.45, 2.75) is 38.3 Å². The van der Waals surface area contributed by atoms with E-state index in [0.717, 1.165) is 13.0 Å². The Morgan fingerprint density at radius 2 is 1.68 bits per heavy atom. The van der Waals surface area contributed by atoms with Gasteiger partial charge in [0.1, 0.15) is 0 Å². The third-order valence-corrected chi connectivity index (χ3v) is 9.14. The highest BCUT2D eigenvalue weighted by molar-refractivity contribution is 5.96. The molecule has 0 spiro atoms. The number of likely N-dealkylation sites (tertiary alicyclic amines) is 1. The fourth-order valence-electron chi connectivity index (χ4n) is 7.37. The second-order valence-electron chi connectivity index (χ2n) is 10.8. The molecule has 37 heavy (non-hydrogen) atoms. The van der Waals surface area contributed by atoms with Crippen LogP contribution in [0.2, 0.25) is 0 Å². The van der Waals surface area contributed by atoms with E-state index in [4.69, 9.17) is 4.74 Å². The molecule has 5 nitrogen and oxygen atoms in total.